The van der Waals surface area contributed by atoms with E-state index in [0.29, 0.717) is 6.04 Å². The third kappa shape index (κ3) is 3.67. The van der Waals surface area contributed by atoms with Crippen LogP contribution in [0.4, 0.5) is 0 Å². The highest BCUT2D eigenvalue weighted by atomic mass is 35.5. The molecule has 1 atom stereocenters. The number of nitrogens with zero attached hydrogens (tertiary/aromatic N) is 3. The summed E-state index contributed by atoms with van der Waals surface area (Å²) in [7, 11) is 2.21. The summed E-state index contributed by atoms with van der Waals surface area (Å²) in [6.45, 7) is 6.67. The highest BCUT2D eigenvalue weighted by Crippen LogP contribution is 2.16. The lowest BCUT2D eigenvalue weighted by molar-refractivity contribution is 0.174. The first-order chi connectivity index (χ1) is 8.69. The molecule has 18 heavy (non-hydrogen) atoms. The number of hydrogen-bond donors (Lipinski definition) is 0. The van der Waals surface area contributed by atoms with Crippen molar-refractivity contribution in [1.29, 1.82) is 0 Å². The quantitative estimate of drug-likeness (QED) is 0.839. The maximum Gasteiger partial charge on any atom is 0.0558 e. The molecular formula is C14H22ClN3. The Morgan fingerprint density at radius 2 is 2.28 bits per heavy atom. The van der Waals surface area contributed by atoms with E-state index in [1.807, 2.05) is 12.1 Å². The molecule has 0 bridgehead atoms. The van der Waals surface area contributed by atoms with Gasteiger partial charge in [0.2, 0.25) is 0 Å². The van der Waals surface area contributed by atoms with Gasteiger partial charge in [-0.2, -0.15) is 0 Å². The third-order valence-electron chi connectivity index (χ3n) is 3.64. The van der Waals surface area contributed by atoms with E-state index < -0.39 is 0 Å². The molecule has 0 amide bonds. The topological polar surface area (TPSA) is 19.4 Å². The normalized spacial score (nSPS) is 22.9. The van der Waals surface area contributed by atoms with Gasteiger partial charge in [0.15, 0.2) is 0 Å². The summed E-state index contributed by atoms with van der Waals surface area (Å²) in [4.78, 5) is 9.39. The molecule has 0 aliphatic carbocycles. The lowest BCUT2D eigenvalue weighted by Gasteiger charge is -2.29. The zero-order chi connectivity index (χ0) is 13.0. The summed E-state index contributed by atoms with van der Waals surface area (Å²) in [5.41, 5.74) is 1.07. The van der Waals surface area contributed by atoms with Crippen LogP contribution in [0.2, 0.25) is 5.02 Å². The fourth-order valence-electron chi connectivity index (χ4n) is 2.63. The Balaban J connectivity index is 2.06. The fourth-order valence-corrected chi connectivity index (χ4v) is 2.81. The van der Waals surface area contributed by atoms with E-state index in [2.05, 4.69) is 28.8 Å². The number of halogens is 1. The lowest BCUT2D eigenvalue weighted by atomic mass is 10.1. The minimum absolute atomic E-state index is 0.623. The molecule has 1 aliphatic rings. The molecule has 0 spiro atoms. The van der Waals surface area contributed by atoms with Crippen LogP contribution in [-0.2, 0) is 6.54 Å². The Kier molecular flexibility index (Phi) is 4.98. The van der Waals surface area contributed by atoms with Crippen LogP contribution in [-0.4, -0.2) is 47.5 Å². The second-order valence-corrected chi connectivity index (χ2v) is 5.55. The van der Waals surface area contributed by atoms with Crippen LogP contribution in [0.15, 0.2) is 18.3 Å². The lowest BCUT2D eigenvalue weighted by Crippen LogP contribution is -2.39. The van der Waals surface area contributed by atoms with Crippen LogP contribution in [0.25, 0.3) is 0 Å². The van der Waals surface area contributed by atoms with Crippen molar-refractivity contribution >= 4 is 11.6 Å². The van der Waals surface area contributed by atoms with Gasteiger partial charge in [-0.15, -0.1) is 0 Å². The first-order valence-electron chi connectivity index (χ1n) is 6.72. The van der Waals surface area contributed by atoms with E-state index in [1.54, 1.807) is 6.20 Å². The molecule has 0 saturated carbocycles. The molecule has 1 aromatic rings. The molecule has 1 fully saturated rings. The Morgan fingerprint density at radius 3 is 3.00 bits per heavy atom. The van der Waals surface area contributed by atoms with Gasteiger partial charge in [0, 0.05) is 36.9 Å². The average Bonchev–Trinajstić information content (AvgIpc) is 2.51. The van der Waals surface area contributed by atoms with E-state index in [-0.39, 0.29) is 0 Å². The van der Waals surface area contributed by atoms with Gasteiger partial charge < -0.3 is 4.90 Å². The first-order valence-corrected chi connectivity index (χ1v) is 7.10. The average molecular weight is 268 g/mol. The van der Waals surface area contributed by atoms with Gasteiger partial charge in [-0.05, 0) is 38.6 Å². The van der Waals surface area contributed by atoms with E-state index in [0.717, 1.165) is 30.4 Å². The fraction of sp³-hybridized carbons (Fsp3) is 0.643. The van der Waals surface area contributed by atoms with Crippen LogP contribution in [0.5, 0.6) is 0 Å². The van der Waals surface area contributed by atoms with Crippen molar-refractivity contribution in [3.8, 4) is 0 Å². The highest BCUT2D eigenvalue weighted by Gasteiger charge is 2.22. The SMILES string of the molecule is CCC1CN(C)CCCN1Cc1cc(Cl)ccn1. The Hall–Kier alpha value is -0.640. The van der Waals surface area contributed by atoms with Crippen LogP contribution >= 0.6 is 11.6 Å². The Labute approximate surface area is 115 Å². The Bertz CT molecular complexity index is 383. The maximum absolute atomic E-state index is 6.02. The second-order valence-electron chi connectivity index (χ2n) is 5.11. The maximum atomic E-state index is 6.02. The summed E-state index contributed by atoms with van der Waals surface area (Å²) in [6.07, 6.45) is 4.21. The van der Waals surface area contributed by atoms with Gasteiger partial charge in [-0.25, -0.2) is 0 Å². The molecule has 100 valence electrons. The van der Waals surface area contributed by atoms with Crippen molar-refractivity contribution in [2.45, 2.75) is 32.4 Å². The molecule has 1 unspecified atom stereocenters. The molecule has 2 rings (SSSR count). The predicted molar refractivity (Wildman–Crippen MR) is 75.9 cm³/mol. The predicted octanol–water partition coefficient (Wildman–Crippen LogP) is 2.65. The van der Waals surface area contributed by atoms with Gasteiger partial charge in [-0.1, -0.05) is 18.5 Å². The number of likely N-dealkylation sites (N-methyl/N-ethyl adjacent to an activating group) is 1. The number of pyridine rings is 1. The molecule has 0 N–H and O–H groups in total. The largest absolute Gasteiger partial charge is 0.305 e. The summed E-state index contributed by atoms with van der Waals surface area (Å²) >= 11 is 6.02. The Morgan fingerprint density at radius 1 is 1.44 bits per heavy atom. The van der Waals surface area contributed by atoms with Gasteiger partial charge in [-0.3, -0.25) is 9.88 Å². The molecule has 3 nitrogen and oxygen atoms in total. The van der Waals surface area contributed by atoms with Crippen molar-refractivity contribution in [3.05, 3.63) is 29.0 Å². The molecule has 1 aliphatic heterocycles. The van der Waals surface area contributed by atoms with Gasteiger partial charge in [0.05, 0.1) is 5.69 Å². The molecule has 4 heteroatoms. The van der Waals surface area contributed by atoms with Gasteiger partial charge in [0.25, 0.3) is 0 Å². The molecule has 2 heterocycles. The smallest absolute Gasteiger partial charge is 0.0558 e. The minimum Gasteiger partial charge on any atom is -0.305 e. The van der Waals surface area contributed by atoms with Crippen molar-refractivity contribution in [2.24, 2.45) is 0 Å². The van der Waals surface area contributed by atoms with Crippen LogP contribution in [0, 0.1) is 0 Å². The third-order valence-corrected chi connectivity index (χ3v) is 3.87. The summed E-state index contributed by atoms with van der Waals surface area (Å²) in [5.74, 6) is 0. The number of hydrogen-bond acceptors (Lipinski definition) is 3. The van der Waals surface area contributed by atoms with Crippen molar-refractivity contribution < 1.29 is 0 Å². The van der Waals surface area contributed by atoms with Gasteiger partial charge in [0.1, 0.15) is 0 Å². The molecule has 1 aromatic heterocycles. The van der Waals surface area contributed by atoms with E-state index in [9.17, 15) is 0 Å². The van der Waals surface area contributed by atoms with Crippen molar-refractivity contribution in [2.75, 3.05) is 26.7 Å². The van der Waals surface area contributed by atoms with Crippen LogP contribution < -0.4 is 0 Å². The highest BCUT2D eigenvalue weighted by molar-refractivity contribution is 6.30. The van der Waals surface area contributed by atoms with E-state index >= 15 is 0 Å². The monoisotopic (exact) mass is 267 g/mol. The molecule has 0 aromatic carbocycles. The summed E-state index contributed by atoms with van der Waals surface area (Å²) < 4.78 is 0. The first kappa shape index (κ1) is 13.8. The minimum atomic E-state index is 0.623. The van der Waals surface area contributed by atoms with Crippen molar-refractivity contribution in [1.82, 2.24) is 14.8 Å². The van der Waals surface area contributed by atoms with Crippen LogP contribution in [0.3, 0.4) is 0 Å². The van der Waals surface area contributed by atoms with E-state index in [4.69, 9.17) is 11.6 Å². The number of rotatable bonds is 3. The number of aromatic nitrogens is 1. The summed E-state index contributed by atoms with van der Waals surface area (Å²) in [5, 5.41) is 0.778. The standard InChI is InChI=1S/C14H22ClN3/c1-3-14-11-17(2)7-4-8-18(14)10-13-9-12(15)5-6-16-13/h5-6,9,14H,3-4,7-8,10-11H2,1-2H3. The zero-order valence-corrected chi connectivity index (χ0v) is 12.0. The van der Waals surface area contributed by atoms with Crippen LogP contribution in [0.1, 0.15) is 25.5 Å². The van der Waals surface area contributed by atoms with Gasteiger partial charge >= 0.3 is 0 Å². The van der Waals surface area contributed by atoms with Crippen molar-refractivity contribution in [3.63, 3.8) is 0 Å². The molecule has 0 radical (unpaired) electrons. The second kappa shape index (κ2) is 6.50. The summed E-state index contributed by atoms with van der Waals surface area (Å²) in [6, 6.07) is 4.43. The molecule has 1 saturated heterocycles. The molecular weight excluding hydrogens is 246 g/mol. The zero-order valence-electron chi connectivity index (χ0n) is 11.3. The van der Waals surface area contributed by atoms with E-state index in [1.165, 1.54) is 19.4 Å².